The predicted molar refractivity (Wildman–Crippen MR) is 107 cm³/mol. The molecule has 7 nitrogen and oxygen atoms in total. The zero-order valence-electron chi connectivity index (χ0n) is 16.5. The highest BCUT2D eigenvalue weighted by atomic mass is 32.2. The number of hydrogen-bond acceptors (Lipinski definition) is 6. The van der Waals surface area contributed by atoms with Gasteiger partial charge in [0.2, 0.25) is 16.0 Å². The van der Waals surface area contributed by atoms with Crippen LogP contribution < -0.4 is 9.64 Å². The van der Waals surface area contributed by atoms with Crippen LogP contribution in [-0.4, -0.2) is 54.5 Å². The maximum atomic E-state index is 13.5. The van der Waals surface area contributed by atoms with E-state index in [1.807, 2.05) is 18.7 Å². The van der Waals surface area contributed by atoms with Crippen molar-refractivity contribution >= 4 is 16.0 Å². The fraction of sp³-hybridized carbons (Fsp3) is 0.500. The van der Waals surface area contributed by atoms with Crippen molar-refractivity contribution in [1.29, 1.82) is 0 Å². The minimum atomic E-state index is -3.68. The first kappa shape index (κ1) is 20.0. The lowest BCUT2D eigenvalue weighted by Gasteiger charge is -2.32. The molecule has 0 radical (unpaired) electrons. The minimum Gasteiger partial charge on any atom is -0.487 e. The summed E-state index contributed by atoms with van der Waals surface area (Å²) < 4.78 is 48.0. The summed E-state index contributed by atoms with van der Waals surface area (Å²) in [4.78, 5) is 10.3. The van der Waals surface area contributed by atoms with Gasteiger partial charge in [0.05, 0.1) is 18.4 Å². The molecule has 3 heterocycles. The van der Waals surface area contributed by atoms with E-state index in [-0.39, 0.29) is 23.0 Å². The Hall–Kier alpha value is -2.26. The third kappa shape index (κ3) is 3.93. The van der Waals surface area contributed by atoms with E-state index in [4.69, 9.17) is 4.74 Å². The summed E-state index contributed by atoms with van der Waals surface area (Å²) in [6, 6.07) is 6.55. The maximum absolute atomic E-state index is 13.5. The number of nitrogens with zero attached hydrogens (tertiary/aromatic N) is 4. The molecule has 9 heteroatoms. The Kier molecular flexibility index (Phi) is 5.44. The average molecular weight is 421 g/mol. The largest absolute Gasteiger partial charge is 0.487 e. The van der Waals surface area contributed by atoms with Crippen LogP contribution in [0.1, 0.15) is 26.7 Å². The van der Waals surface area contributed by atoms with Crippen molar-refractivity contribution in [3.8, 4) is 5.75 Å². The van der Waals surface area contributed by atoms with Crippen molar-refractivity contribution in [1.82, 2.24) is 14.3 Å². The first-order valence-corrected chi connectivity index (χ1v) is 11.3. The normalized spacial score (nSPS) is 24.2. The molecule has 0 spiro atoms. The topological polar surface area (TPSA) is 75.6 Å². The molecule has 1 aromatic carbocycles. The van der Waals surface area contributed by atoms with Gasteiger partial charge >= 0.3 is 0 Å². The summed E-state index contributed by atoms with van der Waals surface area (Å²) in [5.74, 6) is 0.542. The van der Waals surface area contributed by atoms with Crippen molar-refractivity contribution in [2.45, 2.75) is 43.7 Å². The summed E-state index contributed by atoms with van der Waals surface area (Å²) in [6.45, 7) is 5.62. The number of sulfonamides is 1. The molecule has 1 saturated heterocycles. The Bertz CT molecular complexity index is 968. The highest BCUT2D eigenvalue weighted by Gasteiger charge is 2.43. The molecule has 0 saturated carbocycles. The molecule has 0 unspecified atom stereocenters. The third-order valence-electron chi connectivity index (χ3n) is 5.33. The smallest absolute Gasteiger partial charge is 0.247 e. The molecule has 0 amide bonds. The van der Waals surface area contributed by atoms with Crippen molar-refractivity contribution < 1.29 is 17.5 Å². The summed E-state index contributed by atoms with van der Waals surface area (Å²) in [5, 5.41) is 0. The molecule has 1 fully saturated rings. The van der Waals surface area contributed by atoms with Crippen LogP contribution in [-0.2, 0) is 10.0 Å². The Morgan fingerprint density at radius 2 is 1.86 bits per heavy atom. The van der Waals surface area contributed by atoms with E-state index in [1.165, 1.54) is 0 Å². The number of rotatable bonds is 3. The van der Waals surface area contributed by atoms with Crippen molar-refractivity contribution in [3.63, 3.8) is 0 Å². The highest BCUT2D eigenvalue weighted by molar-refractivity contribution is 7.89. The molecule has 0 bridgehead atoms. The molecule has 2 atom stereocenters. The molecule has 0 N–H and O–H groups in total. The standard InChI is InChI=1S/C20H25FN4O3S/c1-14(2)13-25-16-7-9-24(20-22-11-15(21)12-23-20)10-8-17(16)28-18-5-3-4-6-19(18)29(25,26)27/h3-6,11-12,14,16-17H,7-10,13H2,1-2H3/t16-,17-/m1/s1. The number of anilines is 1. The van der Waals surface area contributed by atoms with Crippen LogP contribution >= 0.6 is 0 Å². The first-order chi connectivity index (χ1) is 13.9. The third-order valence-corrected chi connectivity index (χ3v) is 7.26. The molecule has 0 aliphatic carbocycles. The van der Waals surface area contributed by atoms with Crippen LogP contribution in [0.3, 0.4) is 0 Å². The van der Waals surface area contributed by atoms with E-state index in [1.54, 1.807) is 28.6 Å². The lowest BCUT2D eigenvalue weighted by Crippen LogP contribution is -2.48. The van der Waals surface area contributed by atoms with E-state index < -0.39 is 15.8 Å². The number of halogens is 1. The number of fused-ring (bicyclic) bond motifs is 2. The Balaban J connectivity index is 1.69. The number of ether oxygens (including phenoxy) is 1. The number of benzene rings is 1. The second-order valence-corrected chi connectivity index (χ2v) is 9.76. The van der Waals surface area contributed by atoms with Gasteiger partial charge in [0, 0.05) is 26.1 Å². The fourth-order valence-electron chi connectivity index (χ4n) is 4.02. The van der Waals surface area contributed by atoms with Crippen LogP contribution in [0.4, 0.5) is 10.3 Å². The number of para-hydroxylation sites is 1. The SMILES string of the molecule is CC(C)CN1[C@@H]2CCN(c3ncc(F)cn3)CC[C@H]2Oc2ccccc2S1(=O)=O. The van der Waals surface area contributed by atoms with Gasteiger partial charge in [0.1, 0.15) is 16.7 Å². The Labute approximate surface area is 170 Å². The average Bonchev–Trinajstić information content (AvgIpc) is 2.93. The molecule has 1 aromatic heterocycles. The summed E-state index contributed by atoms with van der Waals surface area (Å²) in [7, 11) is -3.68. The maximum Gasteiger partial charge on any atom is 0.247 e. The Morgan fingerprint density at radius 1 is 1.17 bits per heavy atom. The minimum absolute atomic E-state index is 0.176. The molecule has 156 valence electrons. The monoisotopic (exact) mass is 420 g/mol. The van der Waals surface area contributed by atoms with Crippen molar-refractivity contribution in [2.75, 3.05) is 24.5 Å². The van der Waals surface area contributed by atoms with Gasteiger partial charge in [-0.3, -0.25) is 0 Å². The summed E-state index contributed by atoms with van der Waals surface area (Å²) in [5.41, 5.74) is 0. The second kappa shape index (κ2) is 7.87. The van der Waals surface area contributed by atoms with E-state index in [0.29, 0.717) is 44.2 Å². The van der Waals surface area contributed by atoms with Crippen LogP contribution in [0.2, 0.25) is 0 Å². The van der Waals surface area contributed by atoms with Gasteiger partial charge in [0.15, 0.2) is 5.82 Å². The second-order valence-electron chi connectivity index (χ2n) is 7.90. The van der Waals surface area contributed by atoms with E-state index >= 15 is 0 Å². The zero-order chi connectivity index (χ0) is 20.6. The fourth-order valence-corrected chi connectivity index (χ4v) is 5.98. The van der Waals surface area contributed by atoms with Crippen LogP contribution in [0, 0.1) is 11.7 Å². The molecule has 2 aliphatic heterocycles. The van der Waals surface area contributed by atoms with E-state index in [0.717, 1.165) is 12.4 Å². The van der Waals surface area contributed by atoms with Gasteiger partial charge in [-0.05, 0) is 24.5 Å². The summed E-state index contributed by atoms with van der Waals surface area (Å²) >= 11 is 0. The lowest BCUT2D eigenvalue weighted by atomic mass is 10.0. The molecular weight excluding hydrogens is 395 g/mol. The molecular formula is C20H25FN4O3S. The van der Waals surface area contributed by atoms with Gasteiger partial charge in [-0.15, -0.1) is 0 Å². The van der Waals surface area contributed by atoms with Gasteiger partial charge in [-0.2, -0.15) is 4.31 Å². The van der Waals surface area contributed by atoms with Gasteiger partial charge in [-0.25, -0.2) is 22.8 Å². The van der Waals surface area contributed by atoms with Crippen LogP contribution in [0.25, 0.3) is 0 Å². The molecule has 4 rings (SSSR count). The molecule has 29 heavy (non-hydrogen) atoms. The van der Waals surface area contributed by atoms with Gasteiger partial charge < -0.3 is 9.64 Å². The Morgan fingerprint density at radius 3 is 2.59 bits per heavy atom. The van der Waals surface area contributed by atoms with E-state index in [2.05, 4.69) is 9.97 Å². The number of aromatic nitrogens is 2. The van der Waals surface area contributed by atoms with Crippen LogP contribution in [0.15, 0.2) is 41.6 Å². The summed E-state index contributed by atoms with van der Waals surface area (Å²) in [6.07, 6.45) is 3.20. The number of hydrogen-bond donors (Lipinski definition) is 0. The molecule has 2 aromatic rings. The lowest BCUT2D eigenvalue weighted by molar-refractivity contribution is 0.109. The molecule has 2 aliphatic rings. The van der Waals surface area contributed by atoms with Crippen molar-refractivity contribution in [3.05, 3.63) is 42.5 Å². The predicted octanol–water partition coefficient (Wildman–Crippen LogP) is 2.69. The van der Waals surface area contributed by atoms with Gasteiger partial charge in [-0.1, -0.05) is 26.0 Å². The zero-order valence-corrected chi connectivity index (χ0v) is 17.3. The quantitative estimate of drug-likeness (QED) is 0.760. The first-order valence-electron chi connectivity index (χ1n) is 9.86. The van der Waals surface area contributed by atoms with Gasteiger partial charge in [0.25, 0.3) is 0 Å². The highest BCUT2D eigenvalue weighted by Crippen LogP contribution is 2.37. The van der Waals surface area contributed by atoms with Crippen LogP contribution in [0.5, 0.6) is 5.75 Å². The van der Waals surface area contributed by atoms with E-state index in [9.17, 15) is 12.8 Å². The van der Waals surface area contributed by atoms with Crippen molar-refractivity contribution in [2.24, 2.45) is 5.92 Å².